The molecule has 88 valence electrons. The van der Waals surface area contributed by atoms with Gasteiger partial charge in [0.05, 0.1) is 19.3 Å². The molecule has 2 N–H and O–H groups in total. The van der Waals surface area contributed by atoms with E-state index in [1.807, 2.05) is 17.8 Å². The fraction of sp³-hybridized carbons (Fsp3) is 0.273. The molecule has 2 aromatic rings. The number of nitrogen functional groups attached to an aromatic ring is 1. The molecule has 0 unspecified atom stereocenters. The molecule has 0 spiro atoms. The van der Waals surface area contributed by atoms with Gasteiger partial charge in [0.1, 0.15) is 17.6 Å². The predicted molar refractivity (Wildman–Crippen MR) is 62.4 cm³/mol. The lowest BCUT2D eigenvalue weighted by Crippen LogP contribution is -2.09. The van der Waals surface area contributed by atoms with E-state index in [4.69, 9.17) is 15.7 Å². The number of hydrogen-bond donors (Lipinski definition) is 1. The number of rotatable bonds is 3. The maximum absolute atomic E-state index is 9.04. The van der Waals surface area contributed by atoms with Gasteiger partial charge in [-0.2, -0.15) is 5.26 Å². The Morgan fingerprint density at radius 1 is 1.59 bits per heavy atom. The van der Waals surface area contributed by atoms with Crippen molar-refractivity contribution in [3.8, 4) is 11.9 Å². The van der Waals surface area contributed by atoms with Crippen LogP contribution in [0.3, 0.4) is 0 Å². The third-order valence-electron chi connectivity index (χ3n) is 2.60. The molecular weight excluding hydrogens is 218 g/mol. The predicted octanol–water partition coefficient (Wildman–Crippen LogP) is 0.732. The number of nitriles is 1. The quantitative estimate of drug-likeness (QED) is 0.844. The lowest BCUT2D eigenvalue weighted by atomic mass is 10.4. The van der Waals surface area contributed by atoms with Crippen LogP contribution in [0.5, 0.6) is 5.88 Å². The summed E-state index contributed by atoms with van der Waals surface area (Å²) in [6.07, 6.45) is 3.56. The van der Waals surface area contributed by atoms with Crippen molar-refractivity contribution in [3.63, 3.8) is 0 Å². The fourth-order valence-electron chi connectivity index (χ4n) is 1.72. The van der Waals surface area contributed by atoms with Gasteiger partial charge in [-0.3, -0.25) is 4.57 Å². The van der Waals surface area contributed by atoms with Crippen molar-refractivity contribution in [1.82, 2.24) is 14.1 Å². The highest BCUT2D eigenvalue weighted by atomic mass is 16.5. The van der Waals surface area contributed by atoms with Crippen LogP contribution in [0.4, 0.5) is 5.69 Å². The number of methoxy groups -OCH3 is 1. The molecule has 2 heterocycles. The van der Waals surface area contributed by atoms with Crippen LogP contribution in [0.2, 0.25) is 0 Å². The van der Waals surface area contributed by atoms with E-state index in [2.05, 4.69) is 11.1 Å². The van der Waals surface area contributed by atoms with Crippen LogP contribution in [0.1, 0.15) is 11.5 Å². The number of aryl methyl sites for hydroxylation is 1. The monoisotopic (exact) mass is 231 g/mol. The summed E-state index contributed by atoms with van der Waals surface area (Å²) in [6.45, 7) is 0.451. The van der Waals surface area contributed by atoms with Crippen LogP contribution in [0.25, 0.3) is 0 Å². The zero-order valence-electron chi connectivity index (χ0n) is 9.71. The molecule has 6 nitrogen and oxygen atoms in total. The average Bonchev–Trinajstić information content (AvgIpc) is 2.84. The van der Waals surface area contributed by atoms with Gasteiger partial charge in [0, 0.05) is 25.5 Å². The summed E-state index contributed by atoms with van der Waals surface area (Å²) < 4.78 is 8.79. The first kappa shape index (κ1) is 11.1. The third kappa shape index (κ3) is 1.83. The molecular formula is C11H13N5O. The minimum absolute atomic E-state index is 0.451. The number of nitrogens with zero attached hydrogens (tertiary/aromatic N) is 4. The van der Waals surface area contributed by atoms with E-state index in [1.54, 1.807) is 16.8 Å². The molecule has 0 aromatic carbocycles. The molecule has 0 saturated heterocycles. The van der Waals surface area contributed by atoms with Gasteiger partial charge in [-0.05, 0) is 0 Å². The Balaban J connectivity index is 2.45. The van der Waals surface area contributed by atoms with Crippen molar-refractivity contribution in [2.75, 3.05) is 12.8 Å². The largest absolute Gasteiger partial charge is 0.481 e. The fourth-order valence-corrected chi connectivity index (χ4v) is 1.72. The van der Waals surface area contributed by atoms with Crippen molar-refractivity contribution in [3.05, 3.63) is 30.0 Å². The number of imidazole rings is 1. The van der Waals surface area contributed by atoms with Crippen LogP contribution in [0.15, 0.2) is 18.5 Å². The summed E-state index contributed by atoms with van der Waals surface area (Å²) in [5, 5.41) is 9.04. The molecule has 0 fully saturated rings. The first-order valence-corrected chi connectivity index (χ1v) is 5.06. The third-order valence-corrected chi connectivity index (χ3v) is 2.60. The summed E-state index contributed by atoms with van der Waals surface area (Å²) in [6, 6.07) is 3.69. The second-order valence-electron chi connectivity index (χ2n) is 3.65. The van der Waals surface area contributed by atoms with E-state index in [-0.39, 0.29) is 0 Å². The lowest BCUT2D eigenvalue weighted by Gasteiger charge is -2.09. The van der Waals surface area contributed by atoms with Gasteiger partial charge in [0.15, 0.2) is 0 Å². The first-order valence-electron chi connectivity index (χ1n) is 5.06. The van der Waals surface area contributed by atoms with Crippen molar-refractivity contribution < 1.29 is 4.74 Å². The summed E-state index contributed by atoms with van der Waals surface area (Å²) in [5.74, 6) is 1.32. The highest BCUT2D eigenvalue weighted by Crippen LogP contribution is 2.26. The average molecular weight is 231 g/mol. The molecule has 0 radical (unpaired) electrons. The molecule has 0 aliphatic heterocycles. The highest BCUT2D eigenvalue weighted by molar-refractivity contribution is 5.55. The summed E-state index contributed by atoms with van der Waals surface area (Å²) >= 11 is 0. The van der Waals surface area contributed by atoms with Gasteiger partial charge in [-0.25, -0.2) is 4.98 Å². The summed E-state index contributed by atoms with van der Waals surface area (Å²) in [7, 11) is 3.43. The number of anilines is 1. The summed E-state index contributed by atoms with van der Waals surface area (Å²) in [5.41, 5.74) is 6.69. The number of nitrogens with two attached hydrogens (primary N) is 1. The van der Waals surface area contributed by atoms with Crippen LogP contribution in [-0.4, -0.2) is 21.2 Å². The molecule has 0 aliphatic rings. The van der Waals surface area contributed by atoms with E-state index in [0.717, 1.165) is 5.82 Å². The smallest absolute Gasteiger partial charge is 0.218 e. The first-order chi connectivity index (χ1) is 8.17. The molecule has 2 aromatic heterocycles. The Hall–Kier alpha value is -2.42. The van der Waals surface area contributed by atoms with Gasteiger partial charge >= 0.3 is 0 Å². The van der Waals surface area contributed by atoms with Crippen LogP contribution in [0, 0.1) is 11.3 Å². The number of ether oxygens (including phenoxy) is 1. The Morgan fingerprint density at radius 3 is 2.88 bits per heavy atom. The molecule has 0 atom stereocenters. The molecule has 17 heavy (non-hydrogen) atoms. The van der Waals surface area contributed by atoms with Gasteiger partial charge in [0.2, 0.25) is 5.88 Å². The number of hydrogen-bond acceptors (Lipinski definition) is 4. The normalized spacial score (nSPS) is 10.2. The highest BCUT2D eigenvalue weighted by Gasteiger charge is 2.15. The Labute approximate surface area is 98.9 Å². The van der Waals surface area contributed by atoms with Crippen molar-refractivity contribution in [2.24, 2.45) is 7.05 Å². The SMILES string of the molecule is COc1c(N)cc(C#N)n1Cc1nccn1C. The minimum Gasteiger partial charge on any atom is -0.481 e. The molecule has 0 bridgehead atoms. The van der Waals surface area contributed by atoms with Crippen molar-refractivity contribution in [1.29, 1.82) is 5.26 Å². The van der Waals surface area contributed by atoms with E-state index < -0.39 is 0 Å². The maximum atomic E-state index is 9.04. The molecule has 0 saturated carbocycles. The van der Waals surface area contributed by atoms with E-state index in [9.17, 15) is 0 Å². The molecule has 2 rings (SSSR count). The van der Waals surface area contributed by atoms with E-state index in [1.165, 1.54) is 7.11 Å². The number of aromatic nitrogens is 3. The second kappa shape index (κ2) is 4.22. The standard InChI is InChI=1S/C11H13N5O/c1-15-4-3-14-10(15)7-16-8(6-12)5-9(13)11(16)17-2/h3-5H,7,13H2,1-2H3. The minimum atomic E-state index is 0.451. The van der Waals surface area contributed by atoms with Crippen molar-refractivity contribution in [2.45, 2.75) is 6.54 Å². The Bertz CT molecular complexity index is 575. The van der Waals surface area contributed by atoms with Gasteiger partial charge < -0.3 is 15.0 Å². The van der Waals surface area contributed by atoms with Crippen LogP contribution in [-0.2, 0) is 13.6 Å². The van der Waals surface area contributed by atoms with Crippen molar-refractivity contribution >= 4 is 5.69 Å². The van der Waals surface area contributed by atoms with E-state index in [0.29, 0.717) is 23.8 Å². The van der Waals surface area contributed by atoms with E-state index >= 15 is 0 Å². The van der Waals surface area contributed by atoms with Crippen LogP contribution >= 0.6 is 0 Å². The zero-order valence-corrected chi connectivity index (χ0v) is 9.71. The molecule has 0 amide bonds. The lowest BCUT2D eigenvalue weighted by molar-refractivity contribution is 0.377. The second-order valence-corrected chi connectivity index (χ2v) is 3.65. The van der Waals surface area contributed by atoms with Gasteiger partial charge in [-0.15, -0.1) is 0 Å². The Morgan fingerprint density at radius 2 is 2.35 bits per heavy atom. The topological polar surface area (TPSA) is 81.8 Å². The van der Waals surface area contributed by atoms with Gasteiger partial charge in [-0.1, -0.05) is 0 Å². The summed E-state index contributed by atoms with van der Waals surface area (Å²) in [4.78, 5) is 4.21. The zero-order chi connectivity index (χ0) is 12.4. The molecule has 0 aliphatic carbocycles. The maximum Gasteiger partial charge on any atom is 0.218 e. The molecule has 6 heteroatoms. The van der Waals surface area contributed by atoms with Crippen LogP contribution < -0.4 is 10.5 Å². The Kier molecular flexibility index (Phi) is 2.75. The van der Waals surface area contributed by atoms with Gasteiger partial charge in [0.25, 0.3) is 0 Å².